The summed E-state index contributed by atoms with van der Waals surface area (Å²) in [6, 6.07) is 17.6. The number of aryl methyl sites for hydroxylation is 2. The minimum Gasteiger partial charge on any atom is -0.340 e. The van der Waals surface area contributed by atoms with Gasteiger partial charge in [0.2, 0.25) is 0 Å². The van der Waals surface area contributed by atoms with Crippen molar-refractivity contribution in [3.63, 3.8) is 0 Å². The Hall–Kier alpha value is -3.18. The van der Waals surface area contributed by atoms with Gasteiger partial charge < -0.3 is 10.6 Å². The summed E-state index contributed by atoms with van der Waals surface area (Å²) in [5, 5.41) is 8.43. The summed E-state index contributed by atoms with van der Waals surface area (Å²) in [4.78, 5) is 13.5. The molecule has 0 fully saturated rings. The van der Waals surface area contributed by atoms with Crippen LogP contribution >= 0.6 is 11.6 Å². The highest BCUT2D eigenvalue weighted by molar-refractivity contribution is 6.30. The van der Waals surface area contributed by atoms with Gasteiger partial charge in [-0.15, -0.1) is 0 Å². The lowest BCUT2D eigenvalue weighted by molar-refractivity contribution is 1.06. The Morgan fingerprint density at radius 2 is 1.56 bits per heavy atom. The zero-order valence-corrected chi connectivity index (χ0v) is 15.7. The molecule has 0 bridgehead atoms. The number of aromatic nitrogens is 3. The van der Waals surface area contributed by atoms with Crippen LogP contribution in [0.3, 0.4) is 0 Å². The van der Waals surface area contributed by atoms with E-state index in [-0.39, 0.29) is 0 Å². The van der Waals surface area contributed by atoms with Crippen molar-refractivity contribution in [3.8, 4) is 0 Å². The number of pyridine rings is 1. The number of fused-ring (bicyclic) bond motifs is 1. The zero-order chi connectivity index (χ0) is 18.8. The summed E-state index contributed by atoms with van der Waals surface area (Å²) >= 11 is 6.12. The highest BCUT2D eigenvalue weighted by atomic mass is 35.5. The number of hydrogen-bond acceptors (Lipinski definition) is 5. The molecular weight excluding hydrogens is 358 g/mol. The molecule has 2 N–H and O–H groups in total. The molecule has 134 valence electrons. The third-order valence-electron chi connectivity index (χ3n) is 4.20. The van der Waals surface area contributed by atoms with Crippen LogP contribution in [0.5, 0.6) is 0 Å². The van der Waals surface area contributed by atoms with Gasteiger partial charge in [0.15, 0.2) is 0 Å². The smallest absolute Gasteiger partial charge is 0.136 e. The van der Waals surface area contributed by atoms with Crippen LogP contribution in [-0.2, 0) is 0 Å². The minimum atomic E-state index is 0.662. The Bertz CT molecular complexity index is 1120. The first kappa shape index (κ1) is 17.2. The van der Waals surface area contributed by atoms with Gasteiger partial charge in [0.1, 0.15) is 17.5 Å². The fourth-order valence-corrected chi connectivity index (χ4v) is 3.08. The number of para-hydroxylation sites is 1. The van der Waals surface area contributed by atoms with Gasteiger partial charge in [-0.3, -0.25) is 4.98 Å². The monoisotopic (exact) mass is 375 g/mol. The van der Waals surface area contributed by atoms with Gasteiger partial charge in [-0.1, -0.05) is 35.9 Å². The van der Waals surface area contributed by atoms with Crippen LogP contribution < -0.4 is 10.6 Å². The van der Waals surface area contributed by atoms with Crippen molar-refractivity contribution < 1.29 is 0 Å². The largest absolute Gasteiger partial charge is 0.340 e. The van der Waals surface area contributed by atoms with Crippen LogP contribution in [0.2, 0.25) is 5.02 Å². The Balaban J connectivity index is 1.67. The minimum absolute atomic E-state index is 0.662. The summed E-state index contributed by atoms with van der Waals surface area (Å²) in [6.45, 7) is 3.89. The quantitative estimate of drug-likeness (QED) is 0.473. The fourth-order valence-electron chi connectivity index (χ4n) is 2.91. The molecule has 0 unspecified atom stereocenters. The van der Waals surface area contributed by atoms with Gasteiger partial charge in [-0.2, -0.15) is 0 Å². The van der Waals surface area contributed by atoms with E-state index in [1.165, 1.54) is 0 Å². The number of nitrogens with one attached hydrogen (secondary N) is 2. The molecule has 4 aromatic rings. The molecule has 0 atom stereocenters. The standard InChI is InChI=1S/C21H18ClN5/c1-13-8-9-16(22)11-18(13)27-20-12-19(24-14(2)25-20)26-17-7-3-5-15-6-4-10-23-21(15)17/h3-12H,1-2H3,(H2,24,25,26,27). The molecule has 5 nitrogen and oxygen atoms in total. The Kier molecular flexibility index (Phi) is 4.60. The van der Waals surface area contributed by atoms with Crippen LogP contribution in [-0.4, -0.2) is 15.0 Å². The maximum absolute atomic E-state index is 6.12. The lowest BCUT2D eigenvalue weighted by Crippen LogP contribution is -2.02. The Morgan fingerprint density at radius 1 is 0.815 bits per heavy atom. The first-order chi connectivity index (χ1) is 13.1. The summed E-state index contributed by atoms with van der Waals surface area (Å²) in [6.07, 6.45) is 1.79. The van der Waals surface area contributed by atoms with Crippen LogP contribution in [0.25, 0.3) is 10.9 Å². The van der Waals surface area contributed by atoms with Crippen molar-refractivity contribution in [2.75, 3.05) is 10.6 Å². The molecule has 2 aromatic carbocycles. The molecule has 2 heterocycles. The van der Waals surface area contributed by atoms with E-state index in [1.54, 1.807) is 6.20 Å². The highest BCUT2D eigenvalue weighted by Crippen LogP contribution is 2.27. The van der Waals surface area contributed by atoms with E-state index in [0.29, 0.717) is 22.5 Å². The molecule has 0 saturated heterocycles. The average molecular weight is 376 g/mol. The van der Waals surface area contributed by atoms with Gasteiger partial charge in [-0.05, 0) is 43.7 Å². The van der Waals surface area contributed by atoms with Crippen molar-refractivity contribution in [1.82, 2.24) is 15.0 Å². The SMILES string of the molecule is Cc1nc(Nc2cc(Cl)ccc2C)cc(Nc2cccc3cccnc23)n1. The van der Waals surface area contributed by atoms with Gasteiger partial charge in [0.25, 0.3) is 0 Å². The molecule has 0 aliphatic heterocycles. The van der Waals surface area contributed by atoms with Crippen LogP contribution in [0.15, 0.2) is 60.8 Å². The van der Waals surface area contributed by atoms with Crippen molar-refractivity contribution in [2.24, 2.45) is 0 Å². The van der Waals surface area contributed by atoms with Gasteiger partial charge in [-0.25, -0.2) is 9.97 Å². The van der Waals surface area contributed by atoms with Crippen LogP contribution in [0.1, 0.15) is 11.4 Å². The molecule has 0 radical (unpaired) electrons. The van der Waals surface area contributed by atoms with Crippen molar-refractivity contribution in [2.45, 2.75) is 13.8 Å². The predicted molar refractivity (Wildman–Crippen MR) is 111 cm³/mol. The van der Waals surface area contributed by atoms with E-state index >= 15 is 0 Å². The molecule has 0 amide bonds. The molecular formula is C21H18ClN5. The van der Waals surface area contributed by atoms with E-state index < -0.39 is 0 Å². The first-order valence-corrected chi connectivity index (χ1v) is 8.96. The van der Waals surface area contributed by atoms with E-state index in [1.807, 2.05) is 68.4 Å². The molecule has 0 aliphatic carbocycles. The normalized spacial score (nSPS) is 10.8. The Morgan fingerprint density at radius 3 is 2.37 bits per heavy atom. The zero-order valence-electron chi connectivity index (χ0n) is 15.0. The van der Waals surface area contributed by atoms with E-state index in [2.05, 4.69) is 25.6 Å². The average Bonchev–Trinajstić information content (AvgIpc) is 2.65. The molecule has 0 saturated carbocycles. The number of hydrogen-bond donors (Lipinski definition) is 2. The fraction of sp³-hybridized carbons (Fsp3) is 0.0952. The lowest BCUT2D eigenvalue weighted by Gasteiger charge is -2.13. The number of halogens is 1. The van der Waals surface area contributed by atoms with E-state index in [9.17, 15) is 0 Å². The topological polar surface area (TPSA) is 62.7 Å². The second-order valence-electron chi connectivity index (χ2n) is 6.28. The molecule has 0 aliphatic rings. The third-order valence-corrected chi connectivity index (χ3v) is 4.43. The summed E-state index contributed by atoms with van der Waals surface area (Å²) in [5.74, 6) is 2.06. The highest BCUT2D eigenvalue weighted by Gasteiger charge is 2.07. The maximum Gasteiger partial charge on any atom is 0.136 e. The lowest BCUT2D eigenvalue weighted by atomic mass is 10.2. The second kappa shape index (κ2) is 7.21. The maximum atomic E-state index is 6.12. The van der Waals surface area contributed by atoms with Crippen molar-refractivity contribution in [3.05, 3.63) is 77.2 Å². The van der Waals surface area contributed by atoms with Gasteiger partial charge in [0.05, 0.1) is 11.2 Å². The van der Waals surface area contributed by atoms with Crippen molar-refractivity contribution in [1.29, 1.82) is 0 Å². The second-order valence-corrected chi connectivity index (χ2v) is 6.71. The summed E-state index contributed by atoms with van der Waals surface area (Å²) in [7, 11) is 0. The predicted octanol–water partition coefficient (Wildman–Crippen LogP) is 5.78. The summed E-state index contributed by atoms with van der Waals surface area (Å²) < 4.78 is 0. The third kappa shape index (κ3) is 3.83. The van der Waals surface area contributed by atoms with Crippen molar-refractivity contribution >= 4 is 45.5 Å². The molecule has 2 aromatic heterocycles. The number of nitrogens with zero attached hydrogens (tertiary/aromatic N) is 3. The molecule has 6 heteroatoms. The number of rotatable bonds is 4. The molecule has 4 rings (SSSR count). The van der Waals surface area contributed by atoms with Gasteiger partial charge >= 0.3 is 0 Å². The first-order valence-electron chi connectivity index (χ1n) is 8.58. The number of benzene rings is 2. The van der Waals surface area contributed by atoms with Crippen LogP contribution in [0, 0.1) is 13.8 Å². The van der Waals surface area contributed by atoms with E-state index in [4.69, 9.17) is 11.6 Å². The van der Waals surface area contributed by atoms with Crippen LogP contribution in [0.4, 0.5) is 23.0 Å². The van der Waals surface area contributed by atoms with Gasteiger partial charge in [0, 0.05) is 28.4 Å². The summed E-state index contributed by atoms with van der Waals surface area (Å²) in [5.41, 5.74) is 3.80. The Labute approximate surface area is 162 Å². The van der Waals surface area contributed by atoms with E-state index in [0.717, 1.165) is 27.8 Å². The molecule has 0 spiro atoms. The molecule has 27 heavy (non-hydrogen) atoms. The number of anilines is 4.